The van der Waals surface area contributed by atoms with Crippen LogP contribution in [0.3, 0.4) is 0 Å². The van der Waals surface area contributed by atoms with Crippen molar-refractivity contribution >= 4 is 65.6 Å². The Morgan fingerprint density at radius 2 is 1.60 bits per heavy atom. The fourth-order valence-corrected chi connectivity index (χ4v) is 0. The second-order valence-electron chi connectivity index (χ2n) is 0.429. The summed E-state index contributed by atoms with van der Waals surface area (Å²) in [6, 6.07) is 0. The quantitative estimate of drug-likeness (QED) is 0.358. The van der Waals surface area contributed by atoms with Crippen molar-refractivity contribution in [2.75, 3.05) is 0 Å². The first-order valence-corrected chi connectivity index (χ1v) is 11.4. The molecule has 0 heterocycles. The fourth-order valence-electron chi connectivity index (χ4n) is 0. The third kappa shape index (κ3) is 22.6. The maximum absolute atomic E-state index is 5.49. The Hall–Kier alpha value is 2.20. The van der Waals surface area contributed by atoms with Gasteiger partial charge in [-0.05, 0) is 0 Å². The summed E-state index contributed by atoms with van der Waals surface area (Å²) in [7, 11) is 0. The second-order valence-corrected chi connectivity index (χ2v) is 31.7. The molecule has 0 aromatic rings. The Kier molecular flexibility index (Phi) is 3.59. The molecule has 0 bridgehead atoms. The van der Waals surface area contributed by atoms with Crippen LogP contribution in [-0.4, -0.2) is 2.12 Å². The van der Waals surface area contributed by atoms with E-state index in [1.807, 2.05) is 0 Å². The van der Waals surface area contributed by atoms with Gasteiger partial charge in [0.2, 0.25) is 0 Å². The molecule has 5 heteroatoms. The van der Waals surface area contributed by atoms with Gasteiger partial charge in [-0.15, -0.1) is 11.1 Å². The van der Waals surface area contributed by atoms with E-state index in [4.69, 9.17) is 11.1 Å². The van der Waals surface area contributed by atoms with Gasteiger partial charge < -0.3 is 0 Å². The van der Waals surface area contributed by atoms with E-state index in [0.29, 0.717) is 0 Å². The third-order valence-corrected chi connectivity index (χ3v) is 0. The molecule has 0 unspecified atom stereocenters. The highest BCUT2D eigenvalue weighted by molar-refractivity contribution is 14.1. The Labute approximate surface area is 64.7 Å². The molecule has 0 N–H and O–H groups in total. The third-order valence-electron chi connectivity index (χ3n) is 0. The Morgan fingerprint density at radius 1 is 1.60 bits per heavy atom. The van der Waals surface area contributed by atoms with Crippen LogP contribution < -0.4 is 0 Å². The minimum atomic E-state index is -1.54. The molecule has 0 spiro atoms. The van der Waals surface area contributed by atoms with Gasteiger partial charge in [-0.1, -0.05) is 52.4 Å². The van der Waals surface area contributed by atoms with E-state index in [-0.39, 0.29) is 0 Å². The molecule has 0 aliphatic rings. The predicted octanol–water partition coefficient (Wildman–Crippen LogP) is 2.89. The van der Waals surface area contributed by atoms with Gasteiger partial charge >= 0.3 is 2.12 Å². The summed E-state index contributed by atoms with van der Waals surface area (Å²) in [5.74, 6) is 0. The molecule has 0 atom stereocenters. The minimum Gasteiger partial charge on any atom is -0.124 e. The monoisotopic (exact) mass is 348 g/mol. The lowest BCUT2D eigenvalue weighted by atomic mass is 27.9. The van der Waals surface area contributed by atoms with E-state index in [1.165, 1.54) is 0 Å². The van der Waals surface area contributed by atoms with E-state index in [0.717, 1.165) is 0 Å². The van der Waals surface area contributed by atoms with Crippen molar-refractivity contribution in [3.63, 3.8) is 0 Å². The summed E-state index contributed by atoms with van der Waals surface area (Å²) in [4.78, 5) is 0. The summed E-state index contributed by atoms with van der Waals surface area (Å²) < 4.78 is -1.54. The van der Waals surface area contributed by atoms with Gasteiger partial charge in [-0.25, -0.2) is 0 Å². The molecule has 5 heavy (non-hydrogen) atoms. The first-order valence-electron chi connectivity index (χ1n) is 0.756. The molecule has 0 saturated carbocycles. The van der Waals surface area contributed by atoms with E-state index in [1.54, 1.807) is 0 Å². The van der Waals surface area contributed by atoms with Gasteiger partial charge in [-0.3, -0.25) is 0 Å². The normalized spacial score (nSPS) is 12.0. The van der Waals surface area contributed by atoms with Gasteiger partial charge in [0.25, 0.3) is 0 Å². The van der Waals surface area contributed by atoms with Crippen LogP contribution in [0.4, 0.5) is 0 Å². The highest BCUT2D eigenvalue weighted by Crippen LogP contribution is 2.31. The topological polar surface area (TPSA) is 0 Å². The number of halogens is 4. The standard InChI is InChI=1S/Br2ClISi/c1-5(2,3)4. The summed E-state index contributed by atoms with van der Waals surface area (Å²) in [5, 5.41) is 0. The molecule has 0 saturated heterocycles. The van der Waals surface area contributed by atoms with Crippen LogP contribution in [0.1, 0.15) is 0 Å². The lowest BCUT2D eigenvalue weighted by molar-refractivity contribution is 4.48. The van der Waals surface area contributed by atoms with Crippen LogP contribution in [-0.2, 0) is 0 Å². The van der Waals surface area contributed by atoms with Crippen LogP contribution in [0.15, 0.2) is 0 Å². The molecular weight excluding hydrogens is 350 g/mol. The Balaban J connectivity index is 3.02. The van der Waals surface area contributed by atoms with E-state index >= 15 is 0 Å². The molecule has 0 rings (SSSR count). The SMILES string of the molecule is Cl[Si](Br)(Br)I. The van der Waals surface area contributed by atoms with Crippen molar-refractivity contribution in [1.29, 1.82) is 0 Å². The van der Waals surface area contributed by atoms with Crippen LogP contribution in [0, 0.1) is 0 Å². The Bertz CT molecular complexity index is 25.1. The van der Waals surface area contributed by atoms with Crippen LogP contribution >= 0.6 is 63.5 Å². The van der Waals surface area contributed by atoms with Crippen LogP contribution in [0.2, 0.25) is 0 Å². The summed E-state index contributed by atoms with van der Waals surface area (Å²) in [5.41, 5.74) is 0. The van der Waals surface area contributed by atoms with Crippen molar-refractivity contribution in [2.45, 2.75) is 0 Å². The zero-order chi connectivity index (χ0) is 4.50. The maximum Gasteiger partial charge on any atom is 0.356 e. The summed E-state index contributed by atoms with van der Waals surface area (Å²) >= 11 is 14.0. The van der Waals surface area contributed by atoms with Gasteiger partial charge in [0, 0.05) is 0 Å². The van der Waals surface area contributed by atoms with Gasteiger partial charge in [0.1, 0.15) is 0 Å². The van der Waals surface area contributed by atoms with Crippen molar-refractivity contribution in [3.8, 4) is 0 Å². The summed E-state index contributed by atoms with van der Waals surface area (Å²) in [6.45, 7) is 0. The number of hydrogen-bond donors (Lipinski definition) is 0. The molecule has 0 fully saturated rings. The van der Waals surface area contributed by atoms with Crippen molar-refractivity contribution in [1.82, 2.24) is 0 Å². The molecule has 0 aromatic heterocycles. The van der Waals surface area contributed by atoms with E-state index < -0.39 is 2.12 Å². The van der Waals surface area contributed by atoms with Gasteiger partial charge in [-0.2, -0.15) is 0 Å². The minimum absolute atomic E-state index is 1.54. The smallest absolute Gasteiger partial charge is 0.124 e. The maximum atomic E-state index is 5.49. The zero-order valence-electron chi connectivity index (χ0n) is 2.01. The molecular formula is Br2ClISi. The lowest BCUT2D eigenvalue weighted by Crippen LogP contribution is -1.87. The first-order chi connectivity index (χ1) is 2.00. The fraction of sp³-hybridized carbons (Fsp3) is 0. The summed E-state index contributed by atoms with van der Waals surface area (Å²) in [6.07, 6.45) is 0. The Morgan fingerprint density at radius 3 is 1.60 bits per heavy atom. The van der Waals surface area contributed by atoms with Crippen molar-refractivity contribution in [2.24, 2.45) is 0 Å². The average Bonchev–Trinajstić information content (AvgIpc) is 0.722. The molecule has 0 radical (unpaired) electrons. The van der Waals surface area contributed by atoms with Crippen molar-refractivity contribution < 1.29 is 0 Å². The number of hydrogen-bond acceptors (Lipinski definition) is 0. The molecule has 0 aliphatic carbocycles. The zero-order valence-corrected chi connectivity index (χ0v) is 9.10. The highest BCUT2D eigenvalue weighted by atomic mass is 127. The number of rotatable bonds is 0. The largest absolute Gasteiger partial charge is 0.356 e. The molecule has 0 aliphatic heterocycles. The van der Waals surface area contributed by atoms with Crippen molar-refractivity contribution in [3.05, 3.63) is 0 Å². The first kappa shape index (κ1) is 7.20. The average molecular weight is 350 g/mol. The molecule has 0 aromatic carbocycles. The van der Waals surface area contributed by atoms with Crippen LogP contribution in [0.25, 0.3) is 0 Å². The van der Waals surface area contributed by atoms with Gasteiger partial charge in [0.15, 0.2) is 0 Å². The molecule has 0 nitrogen and oxygen atoms in total. The highest BCUT2D eigenvalue weighted by Gasteiger charge is 2.15. The lowest BCUT2D eigenvalue weighted by Gasteiger charge is -1.88. The molecule has 32 valence electrons. The predicted molar refractivity (Wildman–Crippen MR) is 43.5 cm³/mol. The van der Waals surface area contributed by atoms with Gasteiger partial charge in [0.05, 0.1) is 0 Å². The van der Waals surface area contributed by atoms with E-state index in [9.17, 15) is 0 Å². The second kappa shape index (κ2) is 2.49. The van der Waals surface area contributed by atoms with E-state index in [2.05, 4.69) is 52.4 Å². The molecule has 0 amide bonds. The van der Waals surface area contributed by atoms with Crippen LogP contribution in [0.5, 0.6) is 0 Å².